The molecule has 29 heavy (non-hydrogen) atoms. The third kappa shape index (κ3) is 2.57. The van der Waals surface area contributed by atoms with Crippen molar-refractivity contribution in [3.05, 3.63) is 11.6 Å². The van der Waals surface area contributed by atoms with Crippen molar-refractivity contribution in [1.29, 1.82) is 0 Å². The topological polar surface area (TPSA) is 97.7 Å². The summed E-state index contributed by atoms with van der Waals surface area (Å²) < 4.78 is 5.62. The minimum atomic E-state index is -1.47. The standard InChI is InChI=1S/C23H30O6/c1-12(24)23(29-13(2)25)11-18(28)20-16-6-5-14-9-15(26)7-8-21(14,3)19(16)17(27)10-22(20,23)4/h9,16,18-20,28H,5-8,10-11H2,1-4H3/t16-,18-,19-,20-,21+,22+,23+/m1/s1. The van der Waals surface area contributed by atoms with E-state index in [0.717, 1.165) is 12.0 Å². The van der Waals surface area contributed by atoms with E-state index in [0.29, 0.717) is 19.3 Å². The van der Waals surface area contributed by atoms with Crippen LogP contribution in [0.15, 0.2) is 11.6 Å². The minimum Gasteiger partial charge on any atom is -0.451 e. The summed E-state index contributed by atoms with van der Waals surface area (Å²) >= 11 is 0. The maximum atomic E-state index is 13.6. The first kappa shape index (κ1) is 20.5. The lowest BCUT2D eigenvalue weighted by molar-refractivity contribution is -0.189. The van der Waals surface area contributed by atoms with E-state index in [1.807, 2.05) is 6.92 Å². The Morgan fingerprint density at radius 3 is 2.48 bits per heavy atom. The van der Waals surface area contributed by atoms with Gasteiger partial charge in [0, 0.05) is 37.5 Å². The molecule has 0 radical (unpaired) electrons. The van der Waals surface area contributed by atoms with Crippen LogP contribution in [0.2, 0.25) is 0 Å². The zero-order valence-electron chi connectivity index (χ0n) is 17.6. The highest BCUT2D eigenvalue weighted by molar-refractivity contribution is 5.94. The van der Waals surface area contributed by atoms with Gasteiger partial charge in [0.15, 0.2) is 17.2 Å². The van der Waals surface area contributed by atoms with Gasteiger partial charge >= 0.3 is 5.97 Å². The van der Waals surface area contributed by atoms with Crippen LogP contribution in [0.3, 0.4) is 0 Å². The van der Waals surface area contributed by atoms with Gasteiger partial charge in [-0.2, -0.15) is 0 Å². The van der Waals surface area contributed by atoms with Crippen molar-refractivity contribution in [2.24, 2.45) is 28.6 Å². The van der Waals surface area contributed by atoms with Gasteiger partial charge < -0.3 is 9.84 Å². The zero-order chi connectivity index (χ0) is 21.4. The maximum absolute atomic E-state index is 13.6. The van der Waals surface area contributed by atoms with Crippen LogP contribution in [0.5, 0.6) is 0 Å². The number of esters is 1. The number of aliphatic hydroxyl groups is 1. The molecule has 3 fully saturated rings. The summed E-state index contributed by atoms with van der Waals surface area (Å²) in [5.41, 5.74) is -1.72. The van der Waals surface area contributed by atoms with E-state index in [1.165, 1.54) is 13.8 Å². The van der Waals surface area contributed by atoms with E-state index in [9.17, 15) is 24.3 Å². The molecular weight excluding hydrogens is 372 g/mol. The average Bonchev–Trinajstić information content (AvgIpc) is 2.82. The molecule has 0 unspecified atom stereocenters. The van der Waals surface area contributed by atoms with Gasteiger partial charge in [0.25, 0.3) is 0 Å². The van der Waals surface area contributed by atoms with Crippen LogP contribution in [-0.2, 0) is 23.9 Å². The molecule has 4 aliphatic rings. The zero-order valence-corrected chi connectivity index (χ0v) is 17.6. The van der Waals surface area contributed by atoms with E-state index >= 15 is 0 Å². The molecule has 0 bridgehead atoms. The predicted octanol–water partition coefficient (Wildman–Crippen LogP) is 2.56. The van der Waals surface area contributed by atoms with E-state index < -0.39 is 23.1 Å². The van der Waals surface area contributed by atoms with Crippen LogP contribution in [-0.4, -0.2) is 40.1 Å². The van der Waals surface area contributed by atoms with Crippen molar-refractivity contribution in [2.75, 3.05) is 0 Å². The molecule has 0 aliphatic heterocycles. The van der Waals surface area contributed by atoms with Crippen LogP contribution < -0.4 is 0 Å². The lowest BCUT2D eigenvalue weighted by Gasteiger charge is -2.58. The molecule has 0 aromatic carbocycles. The normalized spacial score (nSPS) is 46.3. The van der Waals surface area contributed by atoms with E-state index in [4.69, 9.17) is 4.74 Å². The van der Waals surface area contributed by atoms with E-state index in [-0.39, 0.29) is 53.4 Å². The summed E-state index contributed by atoms with van der Waals surface area (Å²) in [7, 11) is 0. The van der Waals surface area contributed by atoms with Gasteiger partial charge in [-0.05, 0) is 49.5 Å². The third-order valence-corrected chi connectivity index (χ3v) is 8.63. The molecule has 7 atom stereocenters. The highest BCUT2D eigenvalue weighted by Gasteiger charge is 2.72. The summed E-state index contributed by atoms with van der Waals surface area (Å²) in [6, 6.07) is 0. The number of aliphatic hydroxyl groups excluding tert-OH is 1. The summed E-state index contributed by atoms with van der Waals surface area (Å²) in [5.74, 6) is -1.38. The van der Waals surface area contributed by atoms with Crippen molar-refractivity contribution in [2.45, 2.75) is 77.9 Å². The van der Waals surface area contributed by atoms with Crippen molar-refractivity contribution < 1.29 is 29.0 Å². The molecule has 0 spiro atoms. The second kappa shape index (κ2) is 6.34. The summed E-state index contributed by atoms with van der Waals surface area (Å²) in [6.45, 7) is 6.56. The number of ether oxygens (including phenoxy) is 1. The van der Waals surface area contributed by atoms with Gasteiger partial charge in [-0.1, -0.05) is 19.4 Å². The minimum absolute atomic E-state index is 0.0392. The molecule has 0 heterocycles. The Balaban J connectivity index is 1.81. The van der Waals surface area contributed by atoms with Crippen LogP contribution in [0, 0.1) is 28.6 Å². The maximum Gasteiger partial charge on any atom is 0.303 e. The quantitative estimate of drug-likeness (QED) is 0.713. The van der Waals surface area contributed by atoms with Gasteiger partial charge in [-0.15, -0.1) is 0 Å². The van der Waals surface area contributed by atoms with Crippen LogP contribution in [0.1, 0.15) is 66.2 Å². The molecule has 0 aromatic rings. The second-order valence-corrected chi connectivity index (χ2v) is 10.1. The highest BCUT2D eigenvalue weighted by Crippen LogP contribution is 2.67. The number of carbonyl (C=O) groups is 4. The van der Waals surface area contributed by atoms with Crippen LogP contribution in [0.25, 0.3) is 0 Å². The number of carbonyl (C=O) groups excluding carboxylic acids is 4. The first-order chi connectivity index (χ1) is 13.5. The lowest BCUT2D eigenvalue weighted by Crippen LogP contribution is -2.61. The second-order valence-electron chi connectivity index (χ2n) is 10.1. The molecule has 6 heteroatoms. The fraction of sp³-hybridized carbons (Fsp3) is 0.739. The highest BCUT2D eigenvalue weighted by atomic mass is 16.6. The Morgan fingerprint density at radius 1 is 1.17 bits per heavy atom. The van der Waals surface area contributed by atoms with Gasteiger partial charge in [-0.25, -0.2) is 0 Å². The molecule has 158 valence electrons. The van der Waals surface area contributed by atoms with E-state index in [1.54, 1.807) is 6.08 Å². The smallest absolute Gasteiger partial charge is 0.303 e. The Hall–Kier alpha value is -1.82. The van der Waals surface area contributed by atoms with Gasteiger partial charge in [0.05, 0.1) is 6.10 Å². The number of fused-ring (bicyclic) bond motifs is 5. The predicted molar refractivity (Wildman–Crippen MR) is 104 cm³/mol. The summed E-state index contributed by atoms with van der Waals surface area (Å²) in [4.78, 5) is 50.2. The van der Waals surface area contributed by atoms with Crippen LogP contribution >= 0.6 is 0 Å². The van der Waals surface area contributed by atoms with Crippen molar-refractivity contribution >= 4 is 23.3 Å². The van der Waals surface area contributed by atoms with Crippen molar-refractivity contribution in [1.82, 2.24) is 0 Å². The summed E-state index contributed by atoms with van der Waals surface area (Å²) in [5, 5.41) is 11.1. The number of Topliss-reactive ketones (excluding diaryl/α,β-unsaturated/α-hetero) is 2. The van der Waals surface area contributed by atoms with E-state index in [2.05, 4.69) is 6.92 Å². The van der Waals surface area contributed by atoms with Gasteiger partial charge in [0.2, 0.25) is 0 Å². The Morgan fingerprint density at radius 2 is 1.86 bits per heavy atom. The molecule has 0 amide bonds. The van der Waals surface area contributed by atoms with Crippen LogP contribution in [0.4, 0.5) is 0 Å². The molecule has 0 saturated heterocycles. The average molecular weight is 402 g/mol. The SMILES string of the molecule is CC(=O)O[C@]1(C(C)=O)C[C@@H](O)[C@H]2[C@@H]3CCC4=CC(=O)CC[C@]4(C)[C@H]3C(=O)C[C@@]21C. The first-order valence-electron chi connectivity index (χ1n) is 10.6. The molecule has 4 rings (SSSR count). The monoisotopic (exact) mass is 402 g/mol. The summed E-state index contributed by atoms with van der Waals surface area (Å²) in [6.07, 6.45) is 3.54. The molecule has 3 saturated carbocycles. The largest absolute Gasteiger partial charge is 0.451 e. The first-order valence-corrected chi connectivity index (χ1v) is 10.6. The fourth-order valence-corrected chi connectivity index (χ4v) is 7.49. The molecule has 0 aromatic heterocycles. The number of hydrogen-bond donors (Lipinski definition) is 1. The molecule has 1 N–H and O–H groups in total. The fourth-order valence-electron chi connectivity index (χ4n) is 7.49. The Bertz CT molecular complexity index is 842. The Kier molecular flexibility index (Phi) is 4.47. The van der Waals surface area contributed by atoms with Gasteiger partial charge in [-0.3, -0.25) is 19.2 Å². The molecule has 4 aliphatic carbocycles. The number of ketones is 3. The van der Waals surface area contributed by atoms with Crippen molar-refractivity contribution in [3.8, 4) is 0 Å². The van der Waals surface area contributed by atoms with Crippen molar-refractivity contribution in [3.63, 3.8) is 0 Å². The number of hydrogen-bond acceptors (Lipinski definition) is 6. The Labute approximate surface area is 171 Å². The number of allylic oxidation sites excluding steroid dienone is 1. The van der Waals surface area contributed by atoms with Gasteiger partial charge in [0.1, 0.15) is 5.78 Å². The molecular formula is C23H30O6. The lowest BCUT2D eigenvalue weighted by atomic mass is 9.45. The number of rotatable bonds is 2. The third-order valence-electron chi connectivity index (χ3n) is 8.63. The molecule has 6 nitrogen and oxygen atoms in total.